The topological polar surface area (TPSA) is 404 Å². The number of ether oxygens (including phenoxy) is 2. The van der Waals surface area contributed by atoms with E-state index in [1.807, 2.05) is 48.5 Å². The SMILES string of the molecule is CCCCCOc1ccc(-c2ccc(-c3ccc(C(=O)NC4CC(O)C(NCCOCCN)NC(=O)C5C(O)C(C)CN5C(=O)C(C(C)O)NC(=O)C(C(O)C(O)c5ccc(O)cc5)NC(=O)C5CC(O)CN5C(=O)C(C(C)O)NC4=O)cc3)cc2)cc1. The van der Waals surface area contributed by atoms with Crippen molar-refractivity contribution >= 4 is 41.4 Å². The van der Waals surface area contributed by atoms with Crippen molar-refractivity contribution in [3.63, 3.8) is 0 Å². The number of hydrogen-bond donors (Lipinski definition) is 15. The third-order valence-electron chi connectivity index (χ3n) is 15.9. The zero-order chi connectivity index (χ0) is 63.9. The summed E-state index contributed by atoms with van der Waals surface area (Å²) >= 11 is 0. The van der Waals surface area contributed by atoms with E-state index in [1.54, 1.807) is 12.1 Å². The molecule has 0 bridgehead atoms. The highest BCUT2D eigenvalue weighted by Crippen LogP contribution is 2.30. The van der Waals surface area contributed by atoms with Gasteiger partial charge in [-0.3, -0.25) is 38.9 Å². The Morgan fingerprint density at radius 1 is 0.659 bits per heavy atom. The quantitative estimate of drug-likeness (QED) is 0.0455. The standard InChI is InChI=1S/C62H83N9O17/c1-5-6-7-26-88-44-22-18-39(19-23-44)37-10-8-36(9-11-37)38-12-14-41(15-13-38)56(80)65-45-30-47(76)55(64-25-28-87-27-24-63)69-60(84)51-52(77)33(2)31-71(51)62(86)49(35(4)73)67-59(83)50(54(79)53(78)40-16-20-42(74)21-17-40)68-58(82)46-29-43(75)32-70(46)61(85)48(34(3)72)66-57(45)81/h8-23,33-35,43,45-55,64,72-79H,5-7,24-32,63H2,1-4H3,(H,65,80)(H,66,81)(H,67,83)(H,68,82)(H,69,84). The van der Waals surface area contributed by atoms with E-state index in [9.17, 15) is 74.4 Å². The molecular weight excluding hydrogens is 1140 g/mol. The summed E-state index contributed by atoms with van der Waals surface area (Å²) in [5.41, 5.74) is 9.06. The molecule has 0 aromatic heterocycles. The lowest BCUT2D eigenvalue weighted by Crippen LogP contribution is -2.64. The predicted molar refractivity (Wildman–Crippen MR) is 319 cm³/mol. The van der Waals surface area contributed by atoms with Crippen LogP contribution in [0.2, 0.25) is 0 Å². The van der Waals surface area contributed by atoms with E-state index in [0.717, 1.165) is 70.9 Å². The lowest BCUT2D eigenvalue weighted by molar-refractivity contribution is -0.148. The summed E-state index contributed by atoms with van der Waals surface area (Å²) < 4.78 is 11.4. The van der Waals surface area contributed by atoms with Crippen molar-refractivity contribution in [2.24, 2.45) is 11.7 Å². The average molecular weight is 1230 g/mol. The van der Waals surface area contributed by atoms with E-state index in [4.69, 9.17) is 15.2 Å². The molecule has 0 aliphatic carbocycles. The Balaban J connectivity index is 1.22. The number of carbonyl (C=O) groups excluding carboxylic acids is 7. The van der Waals surface area contributed by atoms with Crippen LogP contribution in [0, 0.1) is 5.92 Å². The minimum atomic E-state index is -2.29. The lowest BCUT2D eigenvalue weighted by atomic mass is 9.96. The Morgan fingerprint density at radius 3 is 1.80 bits per heavy atom. The van der Waals surface area contributed by atoms with E-state index in [-0.39, 0.29) is 49.7 Å². The van der Waals surface area contributed by atoms with E-state index in [2.05, 4.69) is 38.8 Å². The molecule has 15 unspecified atom stereocenters. The molecule has 3 heterocycles. The molecule has 3 aliphatic heterocycles. The van der Waals surface area contributed by atoms with Gasteiger partial charge in [-0.25, -0.2) is 0 Å². The largest absolute Gasteiger partial charge is 0.508 e. The fourth-order valence-corrected chi connectivity index (χ4v) is 10.9. The molecule has 26 nitrogen and oxygen atoms in total. The van der Waals surface area contributed by atoms with Gasteiger partial charge >= 0.3 is 0 Å². The number of aliphatic hydroxyl groups is 7. The monoisotopic (exact) mass is 1230 g/mol. The number of amides is 7. The maximum absolute atomic E-state index is 14.8. The van der Waals surface area contributed by atoms with Gasteiger partial charge in [-0.1, -0.05) is 87.4 Å². The Hall–Kier alpha value is -7.63. The van der Waals surface area contributed by atoms with Crippen LogP contribution in [0.5, 0.6) is 11.5 Å². The number of nitrogens with zero attached hydrogens (tertiary/aromatic N) is 2. The second kappa shape index (κ2) is 31.5. The number of aromatic hydroxyl groups is 1. The van der Waals surface area contributed by atoms with Crippen molar-refractivity contribution < 1.29 is 83.9 Å². The highest BCUT2D eigenvalue weighted by molar-refractivity contribution is 6.00. The molecule has 4 aromatic carbocycles. The van der Waals surface area contributed by atoms with E-state index >= 15 is 0 Å². The number of carbonyl (C=O) groups is 7. The van der Waals surface area contributed by atoms with Gasteiger partial charge in [-0.05, 0) is 84.5 Å². The maximum Gasteiger partial charge on any atom is 0.251 e. The zero-order valence-corrected chi connectivity index (χ0v) is 49.6. The Kier molecular flexibility index (Phi) is 24.3. The summed E-state index contributed by atoms with van der Waals surface area (Å²) in [4.78, 5) is 104. The van der Waals surface area contributed by atoms with Crippen LogP contribution in [0.15, 0.2) is 97.1 Å². The van der Waals surface area contributed by atoms with Crippen LogP contribution in [0.4, 0.5) is 0 Å². The number of fused-ring (bicyclic) bond motifs is 2. The molecule has 16 N–H and O–H groups in total. The van der Waals surface area contributed by atoms with Crippen molar-refractivity contribution in [2.45, 2.75) is 145 Å². The van der Waals surface area contributed by atoms with Gasteiger partial charge in [0, 0.05) is 50.5 Å². The molecule has 88 heavy (non-hydrogen) atoms. The molecular formula is C62H83N9O17. The van der Waals surface area contributed by atoms with Crippen LogP contribution in [-0.4, -0.2) is 217 Å². The summed E-state index contributed by atoms with van der Waals surface area (Å²) in [5, 5.41) is 105. The number of phenols is 1. The zero-order valence-electron chi connectivity index (χ0n) is 49.6. The van der Waals surface area contributed by atoms with Crippen LogP contribution in [0.3, 0.4) is 0 Å². The highest BCUT2D eigenvalue weighted by atomic mass is 16.5. The molecule has 7 rings (SSSR count). The summed E-state index contributed by atoms with van der Waals surface area (Å²) in [7, 11) is 0. The first-order valence-corrected chi connectivity index (χ1v) is 29.6. The molecule has 0 spiro atoms. The van der Waals surface area contributed by atoms with Gasteiger partial charge in [0.1, 0.15) is 66.1 Å². The summed E-state index contributed by atoms with van der Waals surface area (Å²) in [6, 6.07) is 15.2. The molecule has 3 saturated heterocycles. The Morgan fingerprint density at radius 2 is 1.22 bits per heavy atom. The van der Waals surface area contributed by atoms with Crippen LogP contribution in [-0.2, 0) is 33.5 Å². The normalized spacial score (nSPS) is 26.5. The molecule has 7 amide bonds. The molecule has 4 aromatic rings. The molecule has 0 radical (unpaired) electrons. The van der Waals surface area contributed by atoms with Crippen molar-refractivity contribution in [3.8, 4) is 33.8 Å². The van der Waals surface area contributed by atoms with Gasteiger partial charge in [0.25, 0.3) is 5.91 Å². The highest BCUT2D eigenvalue weighted by Gasteiger charge is 2.50. The summed E-state index contributed by atoms with van der Waals surface area (Å²) in [6.07, 6.45) is -12.4. The summed E-state index contributed by atoms with van der Waals surface area (Å²) in [5.74, 6) is -8.25. The average Bonchev–Trinajstić information content (AvgIpc) is 2.10. The Labute approximate surface area is 509 Å². The molecule has 3 fully saturated rings. The van der Waals surface area contributed by atoms with Gasteiger partial charge in [0.05, 0.1) is 50.3 Å². The molecule has 0 saturated carbocycles. The van der Waals surface area contributed by atoms with Crippen molar-refractivity contribution in [1.29, 1.82) is 0 Å². The number of aliphatic hydroxyl groups excluding tert-OH is 7. The predicted octanol–water partition coefficient (Wildman–Crippen LogP) is -1.35. The molecule has 3 aliphatic rings. The first-order valence-electron chi connectivity index (χ1n) is 29.6. The number of phenolic OH excluding ortho intramolecular Hbond substituents is 1. The van der Waals surface area contributed by atoms with Crippen LogP contribution >= 0.6 is 0 Å². The number of rotatable bonds is 20. The number of hydrogen-bond acceptors (Lipinski definition) is 19. The summed E-state index contributed by atoms with van der Waals surface area (Å²) in [6.45, 7) is 5.79. The minimum absolute atomic E-state index is 0.0349. The van der Waals surface area contributed by atoms with Gasteiger partial charge in [-0.15, -0.1) is 0 Å². The second-order valence-electron chi connectivity index (χ2n) is 22.7. The van der Waals surface area contributed by atoms with E-state index < -0.39 is 152 Å². The van der Waals surface area contributed by atoms with Gasteiger partial charge in [0.15, 0.2) is 0 Å². The number of nitrogens with two attached hydrogens (primary N) is 1. The van der Waals surface area contributed by atoms with Crippen molar-refractivity contribution in [2.75, 3.05) is 46.0 Å². The smallest absolute Gasteiger partial charge is 0.251 e. The van der Waals surface area contributed by atoms with E-state index in [0.29, 0.717) is 6.61 Å². The fraction of sp³-hybridized carbons (Fsp3) is 0.500. The third-order valence-corrected chi connectivity index (χ3v) is 15.9. The second-order valence-corrected chi connectivity index (χ2v) is 22.7. The van der Waals surface area contributed by atoms with E-state index in [1.165, 1.54) is 43.3 Å². The van der Waals surface area contributed by atoms with Crippen molar-refractivity contribution in [3.05, 3.63) is 108 Å². The Bertz CT molecular complexity index is 2990. The van der Waals surface area contributed by atoms with Crippen LogP contribution < -0.4 is 42.4 Å². The van der Waals surface area contributed by atoms with Gasteiger partial charge in [0.2, 0.25) is 35.4 Å². The first kappa shape index (κ1) is 67.9. The first-order chi connectivity index (χ1) is 42.0. The molecule has 478 valence electrons. The lowest BCUT2D eigenvalue weighted by Gasteiger charge is -2.34. The molecule has 15 atom stereocenters. The third kappa shape index (κ3) is 17.2. The van der Waals surface area contributed by atoms with Crippen LogP contribution in [0.1, 0.15) is 81.8 Å². The van der Waals surface area contributed by atoms with Gasteiger partial charge in [-0.2, -0.15) is 0 Å². The number of benzene rings is 4. The van der Waals surface area contributed by atoms with Gasteiger partial charge < -0.3 is 92.4 Å². The molecule has 26 heteroatoms. The maximum atomic E-state index is 14.8. The fourth-order valence-electron chi connectivity index (χ4n) is 10.9. The van der Waals surface area contributed by atoms with Crippen LogP contribution in [0.25, 0.3) is 22.3 Å². The number of unbranched alkanes of at least 4 members (excludes halogenated alkanes) is 2. The van der Waals surface area contributed by atoms with Crippen molar-refractivity contribution in [1.82, 2.24) is 41.7 Å². The minimum Gasteiger partial charge on any atom is -0.508 e. The number of nitrogens with one attached hydrogen (secondary N) is 6.